The van der Waals surface area contributed by atoms with Crippen LogP contribution < -0.4 is 4.72 Å². The maximum absolute atomic E-state index is 12.1. The molecular formula is C12H21NO4S. The Kier molecular flexibility index (Phi) is 5.37. The first-order valence-corrected chi connectivity index (χ1v) is 7.61. The predicted octanol–water partition coefficient (Wildman–Crippen LogP) is 1.94. The third-order valence-electron chi connectivity index (χ3n) is 2.72. The fourth-order valence-corrected chi connectivity index (χ4v) is 3.25. The van der Waals surface area contributed by atoms with Gasteiger partial charge >= 0.3 is 0 Å². The van der Waals surface area contributed by atoms with Crippen molar-refractivity contribution in [2.45, 2.75) is 57.6 Å². The van der Waals surface area contributed by atoms with Crippen LogP contribution in [0.5, 0.6) is 0 Å². The van der Waals surface area contributed by atoms with Crippen molar-refractivity contribution in [3.05, 3.63) is 17.6 Å². The van der Waals surface area contributed by atoms with Crippen molar-refractivity contribution in [1.82, 2.24) is 4.72 Å². The molecule has 1 unspecified atom stereocenters. The highest BCUT2D eigenvalue weighted by atomic mass is 32.2. The summed E-state index contributed by atoms with van der Waals surface area (Å²) in [5, 5.41) is 8.93. The van der Waals surface area contributed by atoms with E-state index in [1.807, 2.05) is 6.92 Å². The molecule has 0 saturated carbocycles. The van der Waals surface area contributed by atoms with Gasteiger partial charge < -0.3 is 9.52 Å². The smallest absolute Gasteiger partial charge is 0.244 e. The van der Waals surface area contributed by atoms with Crippen molar-refractivity contribution in [3.63, 3.8) is 0 Å². The van der Waals surface area contributed by atoms with Gasteiger partial charge in [0.2, 0.25) is 10.0 Å². The highest BCUT2D eigenvalue weighted by Gasteiger charge is 2.22. The Balaban J connectivity index is 2.82. The van der Waals surface area contributed by atoms with E-state index < -0.39 is 10.0 Å². The molecule has 0 saturated heterocycles. The van der Waals surface area contributed by atoms with Gasteiger partial charge in [0.25, 0.3) is 0 Å². The van der Waals surface area contributed by atoms with Gasteiger partial charge in [-0.3, -0.25) is 0 Å². The molecule has 1 heterocycles. The Labute approximate surface area is 108 Å². The third-order valence-corrected chi connectivity index (χ3v) is 4.41. The van der Waals surface area contributed by atoms with Gasteiger partial charge in [-0.15, -0.1) is 0 Å². The zero-order valence-corrected chi connectivity index (χ0v) is 11.9. The van der Waals surface area contributed by atoms with Crippen LogP contribution in [0, 0.1) is 6.92 Å². The van der Waals surface area contributed by atoms with E-state index in [9.17, 15) is 8.42 Å². The van der Waals surface area contributed by atoms with Gasteiger partial charge in [-0.1, -0.05) is 19.8 Å². The van der Waals surface area contributed by atoms with Crippen molar-refractivity contribution in [2.24, 2.45) is 0 Å². The zero-order valence-electron chi connectivity index (χ0n) is 11.1. The highest BCUT2D eigenvalue weighted by Crippen LogP contribution is 2.20. The molecule has 104 valence electrons. The first-order valence-electron chi connectivity index (χ1n) is 6.13. The standard InChI is InChI=1S/C12H21NO4S/c1-4-5-6-9(2)13-18(15,16)12-7-11(8-14)17-10(12)3/h7,9,13-14H,4-6,8H2,1-3H3. The molecule has 18 heavy (non-hydrogen) atoms. The molecule has 0 aliphatic carbocycles. The van der Waals surface area contributed by atoms with Crippen LogP contribution in [0.15, 0.2) is 15.4 Å². The number of hydrogen-bond acceptors (Lipinski definition) is 4. The third kappa shape index (κ3) is 3.83. The van der Waals surface area contributed by atoms with Crippen molar-refractivity contribution in [3.8, 4) is 0 Å². The van der Waals surface area contributed by atoms with Crippen LogP contribution in [-0.4, -0.2) is 19.6 Å². The fourth-order valence-electron chi connectivity index (χ4n) is 1.77. The minimum Gasteiger partial charge on any atom is -0.462 e. The first kappa shape index (κ1) is 15.2. The number of rotatable bonds is 7. The minimum atomic E-state index is -3.56. The van der Waals surface area contributed by atoms with Crippen LogP contribution >= 0.6 is 0 Å². The number of nitrogens with one attached hydrogen (secondary N) is 1. The number of sulfonamides is 1. The van der Waals surface area contributed by atoms with Crippen molar-refractivity contribution >= 4 is 10.0 Å². The first-order chi connectivity index (χ1) is 8.40. The van der Waals surface area contributed by atoms with Crippen LogP contribution in [-0.2, 0) is 16.6 Å². The summed E-state index contributed by atoms with van der Waals surface area (Å²) in [5.41, 5.74) is 0. The second-order valence-electron chi connectivity index (χ2n) is 4.46. The number of aliphatic hydroxyl groups excluding tert-OH is 1. The molecule has 1 aromatic rings. The maximum Gasteiger partial charge on any atom is 0.244 e. The SMILES string of the molecule is CCCCC(C)NS(=O)(=O)c1cc(CO)oc1C. The van der Waals surface area contributed by atoms with Crippen molar-refractivity contribution in [1.29, 1.82) is 0 Å². The van der Waals surface area contributed by atoms with Crippen LogP contribution in [0.25, 0.3) is 0 Å². The Morgan fingerprint density at radius 2 is 2.17 bits per heavy atom. The van der Waals surface area contributed by atoms with Crippen molar-refractivity contribution < 1.29 is 17.9 Å². The lowest BCUT2D eigenvalue weighted by Crippen LogP contribution is -2.32. The molecule has 0 aliphatic rings. The molecule has 0 spiro atoms. The van der Waals surface area contributed by atoms with Crippen LogP contribution in [0.4, 0.5) is 0 Å². The van der Waals surface area contributed by atoms with Gasteiger partial charge in [-0.2, -0.15) is 0 Å². The van der Waals surface area contributed by atoms with E-state index in [4.69, 9.17) is 9.52 Å². The topological polar surface area (TPSA) is 79.5 Å². The molecule has 2 N–H and O–H groups in total. The zero-order chi connectivity index (χ0) is 13.8. The summed E-state index contributed by atoms with van der Waals surface area (Å²) in [4.78, 5) is 0.106. The molecule has 5 nitrogen and oxygen atoms in total. The lowest BCUT2D eigenvalue weighted by Gasteiger charge is -2.13. The normalized spacial score (nSPS) is 13.8. The fraction of sp³-hybridized carbons (Fsp3) is 0.667. The summed E-state index contributed by atoms with van der Waals surface area (Å²) in [6, 6.07) is 1.26. The minimum absolute atomic E-state index is 0.106. The molecule has 1 atom stereocenters. The summed E-state index contributed by atoms with van der Waals surface area (Å²) in [6.45, 7) is 5.18. The average Bonchev–Trinajstić information content (AvgIpc) is 2.68. The van der Waals surface area contributed by atoms with Gasteiger partial charge in [0.15, 0.2) is 0 Å². The van der Waals surface area contributed by atoms with Crippen LogP contribution in [0.1, 0.15) is 44.6 Å². The Hall–Kier alpha value is -0.850. The monoisotopic (exact) mass is 275 g/mol. The van der Waals surface area contributed by atoms with Gasteiger partial charge in [0.05, 0.1) is 0 Å². The van der Waals surface area contributed by atoms with E-state index in [1.165, 1.54) is 6.07 Å². The second kappa shape index (κ2) is 6.36. The molecule has 6 heteroatoms. The van der Waals surface area contributed by atoms with Crippen LogP contribution in [0.3, 0.4) is 0 Å². The van der Waals surface area contributed by atoms with Gasteiger partial charge in [-0.05, 0) is 20.3 Å². The average molecular weight is 275 g/mol. The number of aryl methyl sites for hydroxylation is 1. The number of hydrogen-bond donors (Lipinski definition) is 2. The Morgan fingerprint density at radius 1 is 1.50 bits per heavy atom. The molecular weight excluding hydrogens is 254 g/mol. The maximum atomic E-state index is 12.1. The highest BCUT2D eigenvalue weighted by molar-refractivity contribution is 7.89. The number of furan rings is 1. The summed E-state index contributed by atoms with van der Waals surface area (Å²) in [5.74, 6) is 0.559. The predicted molar refractivity (Wildman–Crippen MR) is 68.7 cm³/mol. The van der Waals surface area contributed by atoms with E-state index in [-0.39, 0.29) is 23.3 Å². The lowest BCUT2D eigenvalue weighted by molar-refractivity contribution is 0.244. The molecule has 0 bridgehead atoms. The molecule has 0 amide bonds. The molecule has 0 fully saturated rings. The van der Waals surface area contributed by atoms with Crippen LogP contribution in [0.2, 0.25) is 0 Å². The van der Waals surface area contributed by atoms with E-state index in [0.717, 1.165) is 19.3 Å². The van der Waals surface area contributed by atoms with E-state index in [1.54, 1.807) is 6.92 Å². The largest absolute Gasteiger partial charge is 0.462 e. The quantitative estimate of drug-likeness (QED) is 0.797. The number of unbranched alkanes of at least 4 members (excludes halogenated alkanes) is 1. The second-order valence-corrected chi connectivity index (χ2v) is 6.14. The van der Waals surface area contributed by atoms with Gasteiger partial charge in [-0.25, -0.2) is 13.1 Å². The lowest BCUT2D eigenvalue weighted by atomic mass is 10.2. The van der Waals surface area contributed by atoms with E-state index in [2.05, 4.69) is 11.6 Å². The number of aliphatic hydroxyl groups is 1. The summed E-state index contributed by atoms with van der Waals surface area (Å²) >= 11 is 0. The summed E-state index contributed by atoms with van der Waals surface area (Å²) in [6.07, 6.45) is 2.82. The van der Waals surface area contributed by atoms with E-state index >= 15 is 0 Å². The molecule has 1 aromatic heterocycles. The molecule has 0 aromatic carbocycles. The van der Waals surface area contributed by atoms with E-state index in [0.29, 0.717) is 5.76 Å². The molecule has 0 aliphatic heterocycles. The summed E-state index contributed by atoms with van der Waals surface area (Å²) in [7, 11) is -3.56. The summed E-state index contributed by atoms with van der Waals surface area (Å²) < 4.78 is 32.0. The molecule has 0 radical (unpaired) electrons. The van der Waals surface area contributed by atoms with Gasteiger partial charge in [0.1, 0.15) is 23.0 Å². The Morgan fingerprint density at radius 3 is 2.67 bits per heavy atom. The Bertz CT molecular complexity index is 478. The van der Waals surface area contributed by atoms with Gasteiger partial charge in [0, 0.05) is 12.1 Å². The molecule has 1 rings (SSSR count). The van der Waals surface area contributed by atoms with Crippen molar-refractivity contribution in [2.75, 3.05) is 0 Å².